The lowest BCUT2D eigenvalue weighted by molar-refractivity contribution is 0.0216. The minimum absolute atomic E-state index is 0.268. The van der Waals surface area contributed by atoms with Crippen LogP contribution >= 0.6 is 11.3 Å². The van der Waals surface area contributed by atoms with E-state index in [0.717, 1.165) is 36.8 Å². The second-order valence-electron chi connectivity index (χ2n) is 4.77. The molecule has 106 valence electrons. The van der Waals surface area contributed by atoms with Crippen LogP contribution in [-0.2, 0) is 9.47 Å². The van der Waals surface area contributed by atoms with Gasteiger partial charge < -0.3 is 14.4 Å². The predicted octanol–water partition coefficient (Wildman–Crippen LogP) is 2.24. The first-order chi connectivity index (χ1) is 9.11. The molecule has 0 spiro atoms. The lowest BCUT2D eigenvalue weighted by Crippen LogP contribution is -2.33. The molecule has 5 nitrogen and oxygen atoms in total. The maximum Gasteiger partial charge on any atom is 0.350 e. The van der Waals surface area contributed by atoms with E-state index in [2.05, 4.69) is 9.88 Å². The normalized spacial score (nSPS) is 19.2. The highest BCUT2D eigenvalue weighted by Gasteiger charge is 2.21. The van der Waals surface area contributed by atoms with Crippen molar-refractivity contribution in [2.45, 2.75) is 32.3 Å². The molecule has 2 rings (SSSR count). The summed E-state index contributed by atoms with van der Waals surface area (Å²) < 4.78 is 10.5. The van der Waals surface area contributed by atoms with Gasteiger partial charge in [0.05, 0.1) is 18.9 Å². The fourth-order valence-electron chi connectivity index (χ4n) is 2.16. The third kappa shape index (κ3) is 3.45. The standard InChI is InChI=1S/C13H20N2O3S/c1-9-11(12(16)17-3)19-13(14-9)15(2)8-10-6-4-5-7-18-10/h10H,4-8H2,1-3H3. The van der Waals surface area contributed by atoms with E-state index in [4.69, 9.17) is 9.47 Å². The molecule has 0 amide bonds. The number of aromatic nitrogens is 1. The van der Waals surface area contributed by atoms with E-state index in [1.54, 1.807) is 0 Å². The highest BCUT2D eigenvalue weighted by Crippen LogP contribution is 2.26. The van der Waals surface area contributed by atoms with E-state index >= 15 is 0 Å². The quantitative estimate of drug-likeness (QED) is 0.794. The van der Waals surface area contributed by atoms with Gasteiger partial charge in [-0.15, -0.1) is 0 Å². The van der Waals surface area contributed by atoms with Crippen molar-refractivity contribution < 1.29 is 14.3 Å². The van der Waals surface area contributed by atoms with Crippen molar-refractivity contribution in [3.05, 3.63) is 10.6 Å². The van der Waals surface area contributed by atoms with E-state index in [1.807, 2.05) is 14.0 Å². The van der Waals surface area contributed by atoms with Gasteiger partial charge in [0.1, 0.15) is 4.88 Å². The summed E-state index contributed by atoms with van der Waals surface area (Å²) in [5, 5.41) is 0.840. The maximum atomic E-state index is 11.6. The number of ether oxygens (including phenoxy) is 2. The van der Waals surface area contributed by atoms with Gasteiger partial charge in [-0.05, 0) is 26.2 Å². The van der Waals surface area contributed by atoms with Gasteiger partial charge in [-0.1, -0.05) is 11.3 Å². The van der Waals surface area contributed by atoms with E-state index < -0.39 is 0 Å². The van der Waals surface area contributed by atoms with Crippen LogP contribution < -0.4 is 4.90 Å². The molecule has 6 heteroatoms. The number of hydrogen-bond donors (Lipinski definition) is 0. The highest BCUT2D eigenvalue weighted by atomic mass is 32.1. The lowest BCUT2D eigenvalue weighted by atomic mass is 10.1. The Morgan fingerprint density at radius 3 is 3.00 bits per heavy atom. The second-order valence-corrected chi connectivity index (χ2v) is 5.75. The Hall–Kier alpha value is -1.14. The number of methoxy groups -OCH3 is 1. The zero-order chi connectivity index (χ0) is 13.8. The molecule has 0 radical (unpaired) electrons. The third-order valence-electron chi connectivity index (χ3n) is 3.23. The number of aryl methyl sites for hydroxylation is 1. The molecule has 0 bridgehead atoms. The predicted molar refractivity (Wildman–Crippen MR) is 75.1 cm³/mol. The summed E-state index contributed by atoms with van der Waals surface area (Å²) in [6.07, 6.45) is 3.74. The number of carbonyl (C=O) groups is 1. The highest BCUT2D eigenvalue weighted by molar-refractivity contribution is 7.17. The van der Waals surface area contributed by atoms with Crippen LogP contribution in [0, 0.1) is 6.92 Å². The lowest BCUT2D eigenvalue weighted by Gasteiger charge is -2.27. The van der Waals surface area contributed by atoms with Crippen molar-refractivity contribution in [3.8, 4) is 0 Å². The van der Waals surface area contributed by atoms with Gasteiger partial charge in [-0.25, -0.2) is 9.78 Å². The van der Waals surface area contributed by atoms with Crippen molar-refractivity contribution >= 4 is 22.4 Å². The van der Waals surface area contributed by atoms with Crippen molar-refractivity contribution in [1.29, 1.82) is 0 Å². The van der Waals surface area contributed by atoms with Crippen molar-refractivity contribution in [1.82, 2.24) is 4.98 Å². The summed E-state index contributed by atoms with van der Waals surface area (Å²) in [6.45, 7) is 3.49. The van der Waals surface area contributed by atoms with Gasteiger partial charge in [0.2, 0.25) is 0 Å². The van der Waals surface area contributed by atoms with E-state index in [9.17, 15) is 4.79 Å². The van der Waals surface area contributed by atoms with Gasteiger partial charge in [0.15, 0.2) is 5.13 Å². The summed E-state index contributed by atoms with van der Waals surface area (Å²) in [5.41, 5.74) is 0.725. The van der Waals surface area contributed by atoms with Crippen LogP contribution in [0.3, 0.4) is 0 Å². The molecule has 0 aromatic carbocycles. The fraction of sp³-hybridized carbons (Fsp3) is 0.692. The molecule has 2 heterocycles. The molecular formula is C13H20N2O3S. The molecule has 0 N–H and O–H groups in total. The number of thiazole rings is 1. The van der Waals surface area contributed by atoms with Gasteiger partial charge in [0.25, 0.3) is 0 Å². The molecule has 1 aromatic heterocycles. The van der Waals surface area contributed by atoms with Crippen molar-refractivity contribution in [2.24, 2.45) is 0 Å². The van der Waals surface area contributed by atoms with Crippen molar-refractivity contribution in [2.75, 3.05) is 32.2 Å². The summed E-state index contributed by atoms with van der Waals surface area (Å²) in [6, 6.07) is 0. The molecular weight excluding hydrogens is 264 g/mol. The van der Waals surface area contributed by atoms with Crippen LogP contribution in [0.15, 0.2) is 0 Å². The Kier molecular flexibility index (Phi) is 4.76. The van der Waals surface area contributed by atoms with Crippen molar-refractivity contribution in [3.63, 3.8) is 0 Å². The zero-order valence-electron chi connectivity index (χ0n) is 11.6. The zero-order valence-corrected chi connectivity index (χ0v) is 12.5. The monoisotopic (exact) mass is 284 g/mol. The SMILES string of the molecule is COC(=O)c1sc(N(C)CC2CCCCO2)nc1C. The first-order valence-electron chi connectivity index (χ1n) is 6.50. The number of anilines is 1. The summed E-state index contributed by atoms with van der Waals surface area (Å²) in [4.78, 5) is 18.6. The van der Waals surface area contributed by atoms with Gasteiger partial charge >= 0.3 is 5.97 Å². The average Bonchev–Trinajstić information content (AvgIpc) is 2.81. The van der Waals surface area contributed by atoms with Crippen LogP contribution in [0.2, 0.25) is 0 Å². The number of likely N-dealkylation sites (N-methyl/N-ethyl adjacent to an activating group) is 1. The molecule has 19 heavy (non-hydrogen) atoms. The summed E-state index contributed by atoms with van der Waals surface area (Å²) in [5.74, 6) is -0.316. The first-order valence-corrected chi connectivity index (χ1v) is 7.32. The maximum absolute atomic E-state index is 11.6. The first kappa shape index (κ1) is 14.3. The molecule has 1 atom stereocenters. The summed E-state index contributed by atoms with van der Waals surface area (Å²) >= 11 is 1.37. The third-order valence-corrected chi connectivity index (χ3v) is 4.49. The van der Waals surface area contributed by atoms with Crippen LogP contribution in [-0.4, -0.2) is 44.4 Å². The Morgan fingerprint density at radius 1 is 1.58 bits per heavy atom. The number of carbonyl (C=O) groups excluding carboxylic acids is 1. The smallest absolute Gasteiger partial charge is 0.350 e. The Morgan fingerprint density at radius 2 is 2.37 bits per heavy atom. The van der Waals surface area contributed by atoms with E-state index in [1.165, 1.54) is 24.9 Å². The Bertz CT molecular complexity index is 441. The van der Waals surface area contributed by atoms with Gasteiger partial charge in [0, 0.05) is 20.2 Å². The van der Waals surface area contributed by atoms with E-state index in [-0.39, 0.29) is 12.1 Å². The van der Waals surface area contributed by atoms with Crippen LogP contribution in [0.25, 0.3) is 0 Å². The molecule has 0 aliphatic carbocycles. The molecule has 1 fully saturated rings. The van der Waals surface area contributed by atoms with Crippen LogP contribution in [0.4, 0.5) is 5.13 Å². The Balaban J connectivity index is 2.02. The average molecular weight is 284 g/mol. The Labute approximate surface area is 117 Å². The number of esters is 1. The number of nitrogens with zero attached hydrogens (tertiary/aromatic N) is 2. The molecule has 1 aromatic rings. The van der Waals surface area contributed by atoms with E-state index in [0.29, 0.717) is 4.88 Å². The molecule has 1 aliphatic heterocycles. The second kappa shape index (κ2) is 6.34. The van der Waals surface area contributed by atoms with Gasteiger partial charge in [-0.3, -0.25) is 0 Å². The topological polar surface area (TPSA) is 51.7 Å². The van der Waals surface area contributed by atoms with Gasteiger partial charge in [-0.2, -0.15) is 0 Å². The molecule has 0 saturated carbocycles. The number of hydrogen-bond acceptors (Lipinski definition) is 6. The minimum Gasteiger partial charge on any atom is -0.465 e. The van der Waals surface area contributed by atoms with Crippen LogP contribution in [0.1, 0.15) is 34.6 Å². The molecule has 1 saturated heterocycles. The summed E-state index contributed by atoms with van der Waals surface area (Å²) in [7, 11) is 3.37. The fourth-order valence-corrected chi connectivity index (χ4v) is 3.12. The van der Waals surface area contributed by atoms with Crippen LogP contribution in [0.5, 0.6) is 0 Å². The largest absolute Gasteiger partial charge is 0.465 e. The molecule has 1 aliphatic rings. The molecule has 1 unspecified atom stereocenters. The minimum atomic E-state index is -0.316. The number of rotatable bonds is 4.